The Morgan fingerprint density at radius 3 is 2.71 bits per heavy atom. The summed E-state index contributed by atoms with van der Waals surface area (Å²) in [5.74, 6) is 0. The van der Waals surface area contributed by atoms with Gasteiger partial charge in [-0.2, -0.15) is 0 Å². The maximum Gasteiger partial charge on any atom is 0.317 e. The Kier molecular flexibility index (Phi) is 5.86. The summed E-state index contributed by atoms with van der Waals surface area (Å²) in [4.78, 5) is 19.1. The zero-order valence-corrected chi connectivity index (χ0v) is 16.2. The van der Waals surface area contributed by atoms with Crippen LogP contribution in [0.5, 0.6) is 0 Å². The number of urea groups is 1. The third-order valence-corrected chi connectivity index (χ3v) is 5.66. The summed E-state index contributed by atoms with van der Waals surface area (Å²) < 4.78 is 0. The highest BCUT2D eigenvalue weighted by atomic mass is 16.2. The standard InChI is InChI=1S/C24H27N3O/c28-24(26-17-14-20-9-6-8-19-7-3-4-10-22(19)20)27-18-5-1-2-11-23(27)21-12-15-25-16-13-21/h3-4,6-10,12-13,15-16,23H,1-2,5,11,14,17-18H2,(H,26,28). The van der Waals surface area contributed by atoms with E-state index in [0.717, 1.165) is 32.2 Å². The van der Waals surface area contributed by atoms with E-state index >= 15 is 0 Å². The molecule has 1 unspecified atom stereocenters. The summed E-state index contributed by atoms with van der Waals surface area (Å²) in [7, 11) is 0. The molecule has 1 atom stereocenters. The summed E-state index contributed by atoms with van der Waals surface area (Å²) in [6.07, 6.45) is 8.89. The van der Waals surface area contributed by atoms with Crippen LogP contribution in [0.4, 0.5) is 4.79 Å². The Hall–Kier alpha value is -2.88. The second-order valence-corrected chi connectivity index (χ2v) is 7.46. The number of carbonyl (C=O) groups is 1. The molecule has 2 amide bonds. The van der Waals surface area contributed by atoms with Crippen LogP contribution in [0.15, 0.2) is 67.0 Å². The fourth-order valence-electron chi connectivity index (χ4n) is 4.20. The number of aromatic nitrogens is 1. The normalized spacial score (nSPS) is 17.3. The number of fused-ring (bicyclic) bond motifs is 1. The Bertz CT molecular complexity index is 920. The van der Waals surface area contributed by atoms with Gasteiger partial charge in [0.15, 0.2) is 0 Å². The number of benzene rings is 2. The lowest BCUT2D eigenvalue weighted by Gasteiger charge is -2.30. The Morgan fingerprint density at radius 1 is 1.00 bits per heavy atom. The lowest BCUT2D eigenvalue weighted by atomic mass is 10.0. The third-order valence-electron chi connectivity index (χ3n) is 5.66. The minimum atomic E-state index is 0.0453. The summed E-state index contributed by atoms with van der Waals surface area (Å²) >= 11 is 0. The topological polar surface area (TPSA) is 45.2 Å². The summed E-state index contributed by atoms with van der Waals surface area (Å²) in [5, 5.41) is 5.68. The highest BCUT2D eigenvalue weighted by Gasteiger charge is 2.26. The minimum Gasteiger partial charge on any atom is -0.338 e. The van der Waals surface area contributed by atoms with Crippen molar-refractivity contribution in [2.24, 2.45) is 0 Å². The summed E-state index contributed by atoms with van der Waals surface area (Å²) in [5.41, 5.74) is 2.46. The van der Waals surface area contributed by atoms with Gasteiger partial charge in [0.1, 0.15) is 0 Å². The molecule has 1 saturated heterocycles. The number of hydrogen-bond acceptors (Lipinski definition) is 2. The molecule has 4 rings (SSSR count). The average molecular weight is 374 g/mol. The molecule has 144 valence electrons. The van der Waals surface area contributed by atoms with Gasteiger partial charge >= 0.3 is 6.03 Å². The van der Waals surface area contributed by atoms with Gasteiger partial charge in [-0.15, -0.1) is 0 Å². The van der Waals surface area contributed by atoms with Crippen molar-refractivity contribution in [2.45, 2.75) is 38.1 Å². The molecule has 0 bridgehead atoms. The van der Waals surface area contributed by atoms with E-state index in [9.17, 15) is 4.79 Å². The van der Waals surface area contributed by atoms with E-state index < -0.39 is 0 Å². The smallest absolute Gasteiger partial charge is 0.317 e. The molecule has 28 heavy (non-hydrogen) atoms. The monoisotopic (exact) mass is 373 g/mol. The van der Waals surface area contributed by atoms with E-state index in [1.165, 1.54) is 28.3 Å². The molecule has 0 spiro atoms. The lowest BCUT2D eigenvalue weighted by Crippen LogP contribution is -2.42. The maximum absolute atomic E-state index is 13.0. The number of hydrogen-bond donors (Lipinski definition) is 1. The molecular formula is C24H27N3O. The first kappa shape index (κ1) is 18.5. The van der Waals surface area contributed by atoms with Gasteiger partial charge in [-0.25, -0.2) is 4.79 Å². The number of amides is 2. The van der Waals surface area contributed by atoms with Crippen LogP contribution in [0.3, 0.4) is 0 Å². The van der Waals surface area contributed by atoms with Gasteiger partial charge in [0, 0.05) is 25.5 Å². The minimum absolute atomic E-state index is 0.0453. The van der Waals surface area contributed by atoms with Crippen molar-refractivity contribution in [2.75, 3.05) is 13.1 Å². The molecule has 2 aromatic carbocycles. The number of likely N-dealkylation sites (tertiary alicyclic amines) is 1. The first-order valence-corrected chi connectivity index (χ1v) is 10.2. The molecule has 1 fully saturated rings. The predicted molar refractivity (Wildman–Crippen MR) is 113 cm³/mol. The molecule has 0 saturated carbocycles. The van der Waals surface area contributed by atoms with Crippen molar-refractivity contribution in [1.29, 1.82) is 0 Å². The molecule has 0 radical (unpaired) electrons. The molecule has 4 nitrogen and oxygen atoms in total. The summed E-state index contributed by atoms with van der Waals surface area (Å²) in [6, 6.07) is 19.1. The number of nitrogens with one attached hydrogen (secondary N) is 1. The Morgan fingerprint density at radius 2 is 1.82 bits per heavy atom. The Labute approximate surface area is 166 Å². The molecule has 1 N–H and O–H groups in total. The van der Waals surface area contributed by atoms with E-state index in [1.54, 1.807) is 0 Å². The van der Waals surface area contributed by atoms with Gasteiger partial charge in [-0.05, 0) is 53.3 Å². The van der Waals surface area contributed by atoms with Crippen LogP contribution in [0.25, 0.3) is 10.8 Å². The van der Waals surface area contributed by atoms with Crippen molar-refractivity contribution >= 4 is 16.8 Å². The highest BCUT2D eigenvalue weighted by molar-refractivity contribution is 5.85. The molecule has 4 heteroatoms. The van der Waals surface area contributed by atoms with Gasteiger partial charge in [-0.3, -0.25) is 4.98 Å². The van der Waals surface area contributed by atoms with Gasteiger partial charge in [0.2, 0.25) is 0 Å². The number of pyridine rings is 1. The van der Waals surface area contributed by atoms with Gasteiger partial charge in [0.05, 0.1) is 6.04 Å². The number of nitrogens with zero attached hydrogens (tertiary/aromatic N) is 2. The fraction of sp³-hybridized carbons (Fsp3) is 0.333. The zero-order chi connectivity index (χ0) is 19.2. The van der Waals surface area contributed by atoms with Gasteiger partial charge < -0.3 is 10.2 Å². The molecular weight excluding hydrogens is 346 g/mol. The number of carbonyl (C=O) groups excluding carboxylic acids is 1. The third kappa shape index (κ3) is 4.16. The number of rotatable bonds is 4. The van der Waals surface area contributed by atoms with Crippen LogP contribution in [0.1, 0.15) is 42.9 Å². The van der Waals surface area contributed by atoms with Crippen LogP contribution in [0.2, 0.25) is 0 Å². The second-order valence-electron chi connectivity index (χ2n) is 7.46. The van der Waals surface area contributed by atoms with Gasteiger partial charge in [-0.1, -0.05) is 55.3 Å². The maximum atomic E-state index is 13.0. The lowest BCUT2D eigenvalue weighted by molar-refractivity contribution is 0.176. The van der Waals surface area contributed by atoms with Crippen LogP contribution < -0.4 is 5.32 Å². The van der Waals surface area contributed by atoms with Crippen LogP contribution >= 0.6 is 0 Å². The van der Waals surface area contributed by atoms with E-state index in [0.29, 0.717) is 6.54 Å². The molecule has 1 aliphatic rings. The predicted octanol–water partition coefficient (Wildman–Crippen LogP) is 5.10. The second kappa shape index (κ2) is 8.87. The van der Waals surface area contributed by atoms with Gasteiger partial charge in [0.25, 0.3) is 0 Å². The Balaban J connectivity index is 1.43. The van der Waals surface area contributed by atoms with Crippen molar-refractivity contribution in [3.8, 4) is 0 Å². The van der Waals surface area contributed by atoms with E-state index in [-0.39, 0.29) is 12.1 Å². The molecule has 3 aromatic rings. The molecule has 1 aliphatic heterocycles. The molecule has 0 aliphatic carbocycles. The zero-order valence-electron chi connectivity index (χ0n) is 16.2. The first-order valence-electron chi connectivity index (χ1n) is 10.2. The van der Waals surface area contributed by atoms with E-state index in [4.69, 9.17) is 0 Å². The average Bonchev–Trinajstić information content (AvgIpc) is 3.01. The molecule has 1 aromatic heterocycles. The largest absolute Gasteiger partial charge is 0.338 e. The van der Waals surface area contributed by atoms with E-state index in [1.807, 2.05) is 29.4 Å². The van der Waals surface area contributed by atoms with Crippen LogP contribution in [0, 0.1) is 0 Å². The van der Waals surface area contributed by atoms with Crippen molar-refractivity contribution in [3.63, 3.8) is 0 Å². The van der Waals surface area contributed by atoms with Crippen LogP contribution in [-0.2, 0) is 6.42 Å². The summed E-state index contributed by atoms with van der Waals surface area (Å²) in [6.45, 7) is 1.46. The van der Waals surface area contributed by atoms with Crippen molar-refractivity contribution in [3.05, 3.63) is 78.1 Å². The fourth-order valence-corrected chi connectivity index (χ4v) is 4.20. The van der Waals surface area contributed by atoms with Crippen LogP contribution in [-0.4, -0.2) is 29.0 Å². The molecule has 2 heterocycles. The first-order chi connectivity index (χ1) is 13.8. The van der Waals surface area contributed by atoms with Crippen molar-refractivity contribution in [1.82, 2.24) is 15.2 Å². The van der Waals surface area contributed by atoms with Crippen molar-refractivity contribution < 1.29 is 4.79 Å². The van der Waals surface area contributed by atoms with E-state index in [2.05, 4.69) is 52.8 Å². The quantitative estimate of drug-likeness (QED) is 0.691. The SMILES string of the molecule is O=C(NCCc1cccc2ccccc12)N1CCCCCC1c1ccncc1. The highest BCUT2D eigenvalue weighted by Crippen LogP contribution is 2.29.